The van der Waals surface area contributed by atoms with E-state index in [1.54, 1.807) is 0 Å². The highest BCUT2D eigenvalue weighted by atomic mass is 16.2. The molecule has 2 amide bonds. The largest absolute Gasteiger partial charge is 0.326 e. The summed E-state index contributed by atoms with van der Waals surface area (Å²) in [7, 11) is 0. The minimum absolute atomic E-state index is 0.00805. The fraction of sp³-hybridized carbons (Fsp3) is 0.529. The number of piperidine rings is 1. The Balaban J connectivity index is 1.74. The second-order valence-electron chi connectivity index (χ2n) is 6.46. The average molecular weight is 286 g/mol. The third-order valence-electron chi connectivity index (χ3n) is 4.89. The zero-order chi connectivity index (χ0) is 14.9. The Bertz CT molecular complexity index is 542. The van der Waals surface area contributed by atoms with Gasteiger partial charge in [-0.3, -0.25) is 14.5 Å². The third kappa shape index (κ3) is 2.86. The van der Waals surface area contributed by atoms with E-state index in [1.807, 2.05) is 24.3 Å². The van der Waals surface area contributed by atoms with Crippen LogP contribution in [0.5, 0.6) is 0 Å². The highest BCUT2D eigenvalue weighted by Gasteiger charge is 2.44. The zero-order valence-electron chi connectivity index (χ0n) is 12.3. The van der Waals surface area contributed by atoms with Crippen LogP contribution in [0.15, 0.2) is 24.3 Å². The zero-order valence-corrected chi connectivity index (χ0v) is 12.3. The number of hydrogen-bond acceptors (Lipinski definition) is 3. The number of rotatable bonds is 3. The van der Waals surface area contributed by atoms with Gasteiger partial charge in [0.05, 0.1) is 6.54 Å². The molecule has 4 nitrogen and oxygen atoms in total. The van der Waals surface area contributed by atoms with E-state index in [0.29, 0.717) is 25.9 Å². The monoisotopic (exact) mass is 286 g/mol. The van der Waals surface area contributed by atoms with Crippen LogP contribution in [0.3, 0.4) is 0 Å². The maximum atomic E-state index is 12.4. The van der Waals surface area contributed by atoms with Crippen molar-refractivity contribution in [1.29, 1.82) is 0 Å². The quantitative estimate of drug-likeness (QED) is 0.868. The number of carbonyl (C=O) groups is 2. The molecule has 1 aliphatic heterocycles. The number of nitrogens with two attached hydrogens (primary N) is 1. The van der Waals surface area contributed by atoms with Gasteiger partial charge in [-0.2, -0.15) is 0 Å². The first-order chi connectivity index (χ1) is 10.1. The molecule has 0 radical (unpaired) electrons. The van der Waals surface area contributed by atoms with Crippen molar-refractivity contribution in [2.75, 3.05) is 0 Å². The summed E-state index contributed by atoms with van der Waals surface area (Å²) in [4.78, 5) is 26.2. The summed E-state index contributed by atoms with van der Waals surface area (Å²) in [6, 6.07) is 7.80. The molecule has 2 aliphatic rings. The molecule has 1 saturated heterocycles. The van der Waals surface area contributed by atoms with Crippen LogP contribution >= 0.6 is 0 Å². The van der Waals surface area contributed by atoms with E-state index in [0.717, 1.165) is 36.8 Å². The van der Waals surface area contributed by atoms with Gasteiger partial charge in [0.1, 0.15) is 0 Å². The van der Waals surface area contributed by atoms with Crippen LogP contribution in [0.25, 0.3) is 0 Å². The summed E-state index contributed by atoms with van der Waals surface area (Å²) in [6.07, 6.45) is 5.44. The van der Waals surface area contributed by atoms with E-state index < -0.39 is 0 Å². The van der Waals surface area contributed by atoms with Crippen molar-refractivity contribution in [2.24, 2.45) is 11.1 Å². The predicted octanol–water partition coefficient (Wildman–Crippen LogP) is 2.35. The molecule has 112 valence electrons. The number of hydrogen-bond donors (Lipinski definition) is 1. The van der Waals surface area contributed by atoms with Gasteiger partial charge < -0.3 is 5.73 Å². The lowest BCUT2D eigenvalue weighted by Gasteiger charge is -2.37. The standard InChI is InChI=1S/C17H22N2O2/c18-11-13-4-3-5-14(8-13)12-19-15(20)9-17(10-16(19)21)6-1-2-7-17/h3-5,8H,1-2,6-7,9-12,18H2. The SMILES string of the molecule is NCc1cccc(CN2C(=O)CC3(CCCC3)CC2=O)c1. The molecule has 2 N–H and O–H groups in total. The Hall–Kier alpha value is -1.68. The first-order valence-electron chi connectivity index (χ1n) is 7.73. The minimum Gasteiger partial charge on any atom is -0.326 e. The molecule has 1 heterocycles. The second-order valence-corrected chi connectivity index (χ2v) is 6.46. The molecule has 0 atom stereocenters. The van der Waals surface area contributed by atoms with Gasteiger partial charge in [-0.15, -0.1) is 0 Å². The molecule has 4 heteroatoms. The van der Waals surface area contributed by atoms with Gasteiger partial charge in [-0.1, -0.05) is 37.1 Å². The molecule has 1 aromatic rings. The Morgan fingerprint density at radius 2 is 1.67 bits per heavy atom. The van der Waals surface area contributed by atoms with E-state index in [4.69, 9.17) is 5.73 Å². The van der Waals surface area contributed by atoms with Gasteiger partial charge in [0.25, 0.3) is 0 Å². The lowest BCUT2D eigenvalue weighted by atomic mass is 9.76. The minimum atomic E-state index is -0.0240. The van der Waals surface area contributed by atoms with Gasteiger partial charge in [0, 0.05) is 19.4 Å². The molecule has 0 aromatic heterocycles. The number of benzene rings is 1. The topological polar surface area (TPSA) is 63.4 Å². The van der Waals surface area contributed by atoms with Gasteiger partial charge in [0.15, 0.2) is 0 Å². The number of imide groups is 1. The molecule has 21 heavy (non-hydrogen) atoms. The van der Waals surface area contributed by atoms with Crippen molar-refractivity contribution in [1.82, 2.24) is 4.90 Å². The van der Waals surface area contributed by atoms with Gasteiger partial charge >= 0.3 is 0 Å². The van der Waals surface area contributed by atoms with Crippen LogP contribution in [-0.4, -0.2) is 16.7 Å². The predicted molar refractivity (Wildman–Crippen MR) is 80.0 cm³/mol. The summed E-state index contributed by atoms with van der Waals surface area (Å²) in [5, 5.41) is 0. The van der Waals surface area contributed by atoms with Gasteiger partial charge in [-0.25, -0.2) is 0 Å². The molecule has 1 aromatic carbocycles. The van der Waals surface area contributed by atoms with E-state index in [-0.39, 0.29) is 17.2 Å². The molecule has 2 fully saturated rings. The molecular weight excluding hydrogens is 264 g/mol. The Kier molecular flexibility index (Phi) is 3.81. The summed E-state index contributed by atoms with van der Waals surface area (Å²) in [5.41, 5.74) is 7.61. The van der Waals surface area contributed by atoms with Crippen LogP contribution in [0.2, 0.25) is 0 Å². The lowest BCUT2D eigenvalue weighted by molar-refractivity contribution is -0.154. The maximum absolute atomic E-state index is 12.4. The third-order valence-corrected chi connectivity index (χ3v) is 4.89. The Morgan fingerprint density at radius 1 is 1.05 bits per heavy atom. The summed E-state index contributed by atoms with van der Waals surface area (Å²) in [6.45, 7) is 0.848. The van der Waals surface area contributed by atoms with E-state index in [2.05, 4.69) is 0 Å². The fourth-order valence-corrected chi connectivity index (χ4v) is 3.73. The summed E-state index contributed by atoms with van der Waals surface area (Å²) in [5.74, 6) is -0.0161. The van der Waals surface area contributed by atoms with Crippen molar-refractivity contribution in [3.63, 3.8) is 0 Å². The van der Waals surface area contributed by atoms with Crippen molar-refractivity contribution in [2.45, 2.75) is 51.6 Å². The molecule has 1 saturated carbocycles. The Labute approximate surface area is 125 Å². The maximum Gasteiger partial charge on any atom is 0.230 e. The first kappa shape index (κ1) is 14.3. The molecule has 0 unspecified atom stereocenters. The molecule has 1 aliphatic carbocycles. The summed E-state index contributed by atoms with van der Waals surface area (Å²) < 4.78 is 0. The molecule has 3 rings (SSSR count). The van der Waals surface area contributed by atoms with Crippen LogP contribution in [-0.2, 0) is 22.7 Å². The van der Waals surface area contributed by atoms with Crippen LogP contribution < -0.4 is 5.73 Å². The van der Waals surface area contributed by atoms with Crippen LogP contribution in [0.1, 0.15) is 49.7 Å². The van der Waals surface area contributed by atoms with E-state index in [1.165, 1.54) is 4.90 Å². The van der Waals surface area contributed by atoms with Crippen molar-refractivity contribution in [3.05, 3.63) is 35.4 Å². The molecular formula is C17H22N2O2. The van der Waals surface area contributed by atoms with E-state index in [9.17, 15) is 9.59 Å². The number of nitrogens with zero attached hydrogens (tertiary/aromatic N) is 1. The number of likely N-dealkylation sites (tertiary alicyclic amines) is 1. The Morgan fingerprint density at radius 3 is 2.29 bits per heavy atom. The number of carbonyl (C=O) groups excluding carboxylic acids is 2. The van der Waals surface area contributed by atoms with Crippen molar-refractivity contribution >= 4 is 11.8 Å². The molecule has 1 spiro atoms. The highest BCUT2D eigenvalue weighted by Crippen LogP contribution is 2.47. The van der Waals surface area contributed by atoms with Crippen molar-refractivity contribution in [3.8, 4) is 0 Å². The fourth-order valence-electron chi connectivity index (χ4n) is 3.73. The van der Waals surface area contributed by atoms with Crippen molar-refractivity contribution < 1.29 is 9.59 Å². The smallest absolute Gasteiger partial charge is 0.230 e. The normalized spacial score (nSPS) is 21.3. The average Bonchev–Trinajstić information content (AvgIpc) is 2.91. The lowest BCUT2D eigenvalue weighted by Crippen LogP contribution is -2.46. The van der Waals surface area contributed by atoms with Gasteiger partial charge in [0.2, 0.25) is 11.8 Å². The summed E-state index contributed by atoms with van der Waals surface area (Å²) >= 11 is 0. The number of amides is 2. The van der Waals surface area contributed by atoms with Crippen LogP contribution in [0.4, 0.5) is 0 Å². The highest BCUT2D eigenvalue weighted by molar-refractivity contribution is 5.98. The van der Waals surface area contributed by atoms with E-state index >= 15 is 0 Å². The first-order valence-corrected chi connectivity index (χ1v) is 7.73. The second kappa shape index (κ2) is 5.60. The molecule has 0 bridgehead atoms. The van der Waals surface area contributed by atoms with Crippen LogP contribution in [0, 0.1) is 5.41 Å². The van der Waals surface area contributed by atoms with Gasteiger partial charge in [-0.05, 0) is 29.4 Å².